The average Bonchev–Trinajstić information content (AvgIpc) is 2.44. The zero-order valence-electron chi connectivity index (χ0n) is 11.4. The van der Waals surface area contributed by atoms with Gasteiger partial charge >= 0.3 is 0 Å². The van der Waals surface area contributed by atoms with Crippen LogP contribution in [-0.4, -0.2) is 17.9 Å². The topological polar surface area (TPSA) is 72.2 Å². The second kappa shape index (κ2) is 6.19. The first-order valence-corrected chi connectivity index (χ1v) is 6.62. The Morgan fingerprint density at radius 3 is 2.55 bits per heavy atom. The molecular weight excluding hydrogens is 252 g/mol. The fraction of sp³-hybridized carbons (Fsp3) is 0.250. The zero-order valence-corrected chi connectivity index (χ0v) is 11.4. The van der Waals surface area contributed by atoms with E-state index >= 15 is 0 Å². The minimum atomic E-state index is -0.626. The molecule has 2 amide bonds. The number of carbonyl (C=O) groups is 2. The highest BCUT2D eigenvalue weighted by Crippen LogP contribution is 2.16. The average molecular weight is 270 g/mol. The normalized spacial score (nSPS) is 12.1. The summed E-state index contributed by atoms with van der Waals surface area (Å²) in [4.78, 5) is 22.5. The lowest BCUT2D eigenvalue weighted by Gasteiger charge is -2.10. The van der Waals surface area contributed by atoms with Gasteiger partial charge in [0, 0.05) is 6.42 Å². The molecule has 2 aromatic rings. The number of hydrogen-bond acceptors (Lipinski definition) is 2. The van der Waals surface area contributed by atoms with Gasteiger partial charge in [0.15, 0.2) is 0 Å². The fourth-order valence-electron chi connectivity index (χ4n) is 2.04. The number of nitrogens with one attached hydrogen (secondary N) is 1. The van der Waals surface area contributed by atoms with E-state index in [0.29, 0.717) is 12.8 Å². The van der Waals surface area contributed by atoms with Crippen molar-refractivity contribution in [3.63, 3.8) is 0 Å². The molecule has 0 aliphatic heterocycles. The minimum absolute atomic E-state index is 0.163. The van der Waals surface area contributed by atoms with Gasteiger partial charge in [0.1, 0.15) is 6.04 Å². The van der Waals surface area contributed by atoms with Gasteiger partial charge in [-0.05, 0) is 29.7 Å². The van der Waals surface area contributed by atoms with Crippen molar-refractivity contribution in [2.24, 2.45) is 5.73 Å². The summed E-state index contributed by atoms with van der Waals surface area (Å²) in [7, 11) is 0. The SMILES string of the molecule is C[C@@H](NC(=O)CCc1ccc2ccccc2c1)C(N)=O. The largest absolute Gasteiger partial charge is 0.368 e. The summed E-state index contributed by atoms with van der Waals surface area (Å²) < 4.78 is 0. The number of carbonyl (C=O) groups excluding carboxylic acids is 2. The molecule has 1 atom stereocenters. The molecule has 2 aromatic carbocycles. The summed E-state index contributed by atoms with van der Waals surface area (Å²) in [6.07, 6.45) is 0.984. The molecule has 20 heavy (non-hydrogen) atoms. The first kappa shape index (κ1) is 14.1. The quantitative estimate of drug-likeness (QED) is 0.869. The van der Waals surface area contributed by atoms with Crippen LogP contribution in [0, 0.1) is 0 Å². The fourth-order valence-corrected chi connectivity index (χ4v) is 2.04. The molecule has 0 bridgehead atoms. The third-order valence-electron chi connectivity index (χ3n) is 3.26. The van der Waals surface area contributed by atoms with Crippen LogP contribution in [0.3, 0.4) is 0 Å². The Kier molecular flexibility index (Phi) is 4.35. The zero-order chi connectivity index (χ0) is 14.5. The molecule has 104 valence electrons. The molecule has 0 heterocycles. The van der Waals surface area contributed by atoms with E-state index in [4.69, 9.17) is 5.73 Å². The number of fused-ring (bicyclic) bond motifs is 1. The summed E-state index contributed by atoms with van der Waals surface area (Å²) in [5.74, 6) is -0.687. The molecule has 2 rings (SSSR count). The Bertz CT molecular complexity index is 637. The van der Waals surface area contributed by atoms with E-state index in [1.54, 1.807) is 6.92 Å². The van der Waals surface area contributed by atoms with Crippen LogP contribution in [0.1, 0.15) is 18.9 Å². The highest BCUT2D eigenvalue weighted by molar-refractivity contribution is 5.86. The number of amides is 2. The van der Waals surface area contributed by atoms with Crippen molar-refractivity contribution in [2.45, 2.75) is 25.8 Å². The van der Waals surface area contributed by atoms with Crippen LogP contribution in [0.4, 0.5) is 0 Å². The highest BCUT2D eigenvalue weighted by Gasteiger charge is 2.11. The summed E-state index contributed by atoms with van der Waals surface area (Å²) >= 11 is 0. The number of hydrogen-bond donors (Lipinski definition) is 2. The molecule has 4 nitrogen and oxygen atoms in total. The molecule has 0 unspecified atom stereocenters. The monoisotopic (exact) mass is 270 g/mol. The third-order valence-corrected chi connectivity index (χ3v) is 3.26. The Hall–Kier alpha value is -2.36. The Morgan fingerprint density at radius 1 is 1.15 bits per heavy atom. The molecule has 0 saturated carbocycles. The van der Waals surface area contributed by atoms with Gasteiger partial charge in [-0.1, -0.05) is 42.5 Å². The molecule has 0 spiro atoms. The number of aryl methyl sites for hydroxylation is 1. The van der Waals surface area contributed by atoms with Crippen molar-refractivity contribution in [2.75, 3.05) is 0 Å². The van der Waals surface area contributed by atoms with Crippen molar-refractivity contribution in [3.05, 3.63) is 48.0 Å². The van der Waals surface area contributed by atoms with Gasteiger partial charge in [-0.15, -0.1) is 0 Å². The molecule has 4 heteroatoms. The van der Waals surface area contributed by atoms with Crippen LogP contribution in [0.25, 0.3) is 10.8 Å². The lowest BCUT2D eigenvalue weighted by Crippen LogP contribution is -2.42. The van der Waals surface area contributed by atoms with E-state index in [1.807, 2.05) is 24.3 Å². The van der Waals surface area contributed by atoms with E-state index in [1.165, 1.54) is 5.39 Å². The van der Waals surface area contributed by atoms with Crippen molar-refractivity contribution >= 4 is 22.6 Å². The molecule has 3 N–H and O–H groups in total. The molecular formula is C16H18N2O2. The Morgan fingerprint density at radius 2 is 1.85 bits per heavy atom. The predicted octanol–water partition coefficient (Wildman–Crippen LogP) is 1.76. The van der Waals surface area contributed by atoms with Gasteiger partial charge in [0.05, 0.1) is 0 Å². The molecule has 0 aliphatic rings. The number of rotatable bonds is 5. The standard InChI is InChI=1S/C16H18N2O2/c1-11(16(17)20)18-15(19)9-7-12-6-8-13-4-2-3-5-14(13)10-12/h2-6,8,10-11H,7,9H2,1H3,(H2,17,20)(H,18,19)/t11-/m1/s1. The third kappa shape index (κ3) is 3.57. The van der Waals surface area contributed by atoms with Crippen molar-refractivity contribution in [1.29, 1.82) is 0 Å². The van der Waals surface area contributed by atoms with Crippen LogP contribution in [0.2, 0.25) is 0 Å². The first-order chi connectivity index (χ1) is 9.56. The van der Waals surface area contributed by atoms with E-state index in [-0.39, 0.29) is 5.91 Å². The summed E-state index contributed by atoms with van der Waals surface area (Å²) in [5, 5.41) is 4.92. The molecule has 0 radical (unpaired) electrons. The number of primary amides is 1. The van der Waals surface area contributed by atoms with Crippen molar-refractivity contribution in [1.82, 2.24) is 5.32 Å². The Labute approximate surface area is 118 Å². The van der Waals surface area contributed by atoms with Crippen LogP contribution in [0.5, 0.6) is 0 Å². The maximum Gasteiger partial charge on any atom is 0.239 e. The van der Waals surface area contributed by atoms with Gasteiger partial charge in [0.25, 0.3) is 0 Å². The summed E-state index contributed by atoms with van der Waals surface area (Å²) in [6, 6.07) is 13.6. The lowest BCUT2D eigenvalue weighted by atomic mass is 10.0. The second-order valence-corrected chi connectivity index (χ2v) is 4.87. The van der Waals surface area contributed by atoms with Crippen LogP contribution in [-0.2, 0) is 16.0 Å². The smallest absolute Gasteiger partial charge is 0.239 e. The first-order valence-electron chi connectivity index (χ1n) is 6.62. The molecule has 0 fully saturated rings. The van der Waals surface area contributed by atoms with Gasteiger partial charge < -0.3 is 11.1 Å². The van der Waals surface area contributed by atoms with E-state index in [0.717, 1.165) is 10.9 Å². The highest BCUT2D eigenvalue weighted by atomic mass is 16.2. The maximum absolute atomic E-state index is 11.7. The van der Waals surface area contributed by atoms with Crippen LogP contribution >= 0.6 is 0 Å². The van der Waals surface area contributed by atoms with E-state index in [2.05, 4.69) is 23.5 Å². The molecule has 0 aliphatic carbocycles. The van der Waals surface area contributed by atoms with E-state index in [9.17, 15) is 9.59 Å². The van der Waals surface area contributed by atoms with Crippen molar-refractivity contribution in [3.8, 4) is 0 Å². The van der Waals surface area contributed by atoms with E-state index < -0.39 is 11.9 Å². The van der Waals surface area contributed by atoms with Gasteiger partial charge in [-0.25, -0.2) is 0 Å². The van der Waals surface area contributed by atoms with Crippen molar-refractivity contribution < 1.29 is 9.59 Å². The summed E-state index contributed by atoms with van der Waals surface area (Å²) in [6.45, 7) is 1.58. The number of nitrogens with two attached hydrogens (primary N) is 1. The van der Waals surface area contributed by atoms with Gasteiger partial charge in [0.2, 0.25) is 11.8 Å². The predicted molar refractivity (Wildman–Crippen MR) is 79.1 cm³/mol. The minimum Gasteiger partial charge on any atom is -0.368 e. The van der Waals surface area contributed by atoms with Crippen LogP contribution < -0.4 is 11.1 Å². The Balaban J connectivity index is 1.95. The maximum atomic E-state index is 11.7. The lowest BCUT2D eigenvalue weighted by molar-refractivity contribution is -0.126. The van der Waals surface area contributed by atoms with Crippen LogP contribution in [0.15, 0.2) is 42.5 Å². The van der Waals surface area contributed by atoms with Gasteiger partial charge in [-0.3, -0.25) is 9.59 Å². The molecule has 0 saturated heterocycles. The van der Waals surface area contributed by atoms with Gasteiger partial charge in [-0.2, -0.15) is 0 Å². The second-order valence-electron chi connectivity index (χ2n) is 4.87. The summed E-state index contributed by atoms with van der Waals surface area (Å²) in [5.41, 5.74) is 6.20. The molecule has 0 aromatic heterocycles. The number of benzene rings is 2.